The van der Waals surface area contributed by atoms with E-state index in [1.54, 1.807) is 11.8 Å². The summed E-state index contributed by atoms with van der Waals surface area (Å²) in [7, 11) is 0. The van der Waals surface area contributed by atoms with Crippen molar-refractivity contribution in [1.82, 2.24) is 4.90 Å². The summed E-state index contributed by atoms with van der Waals surface area (Å²) < 4.78 is 4.77. The Bertz CT molecular complexity index is 320. The lowest BCUT2D eigenvalue weighted by molar-refractivity contribution is 0.111. The molecule has 0 unspecified atom stereocenters. The third-order valence-corrected chi connectivity index (χ3v) is 2.00. The number of aliphatic hydroxyl groups is 2. The first-order valence-electron chi connectivity index (χ1n) is 6.76. The van der Waals surface area contributed by atoms with E-state index in [0.29, 0.717) is 19.4 Å². The number of hydrogen-bond donors (Lipinski definition) is 2. The zero-order valence-corrected chi connectivity index (χ0v) is 12.6. The van der Waals surface area contributed by atoms with Gasteiger partial charge in [-0.1, -0.05) is 11.8 Å². The molecule has 5 nitrogen and oxygen atoms in total. The van der Waals surface area contributed by atoms with Crippen molar-refractivity contribution in [3.63, 3.8) is 0 Å². The lowest BCUT2D eigenvalue weighted by atomic mass is 10.4. The molecule has 0 saturated carbocycles. The second kappa shape index (κ2) is 17.3. The molecule has 0 aromatic carbocycles. The van der Waals surface area contributed by atoms with E-state index in [9.17, 15) is 4.79 Å². The van der Waals surface area contributed by atoms with Crippen LogP contribution in [-0.4, -0.2) is 54.1 Å². The zero-order valence-electron chi connectivity index (χ0n) is 12.6. The summed E-state index contributed by atoms with van der Waals surface area (Å²) in [5.74, 6) is 10.4. The highest BCUT2D eigenvalue weighted by Gasteiger charge is 2.07. The Hall–Kier alpha value is -1.69. The third kappa shape index (κ3) is 14.4. The van der Waals surface area contributed by atoms with Gasteiger partial charge in [0.2, 0.25) is 0 Å². The van der Waals surface area contributed by atoms with Gasteiger partial charge in [0.1, 0.15) is 0 Å². The van der Waals surface area contributed by atoms with Gasteiger partial charge in [0, 0.05) is 25.9 Å². The van der Waals surface area contributed by atoms with Crippen molar-refractivity contribution >= 4 is 6.09 Å². The maximum atomic E-state index is 10.9. The summed E-state index contributed by atoms with van der Waals surface area (Å²) in [5, 5.41) is 16.6. The molecule has 0 radical (unpaired) electrons. The molecule has 0 rings (SSSR count). The third-order valence-electron chi connectivity index (χ3n) is 2.00. The maximum Gasteiger partial charge on any atom is 0.409 e. The molecular weight excluding hydrogens is 258 g/mol. The molecule has 1 amide bonds. The summed E-state index contributed by atoms with van der Waals surface area (Å²) >= 11 is 0. The topological polar surface area (TPSA) is 70.0 Å². The van der Waals surface area contributed by atoms with Crippen molar-refractivity contribution in [2.75, 3.05) is 32.9 Å². The minimum atomic E-state index is -0.215. The summed E-state index contributed by atoms with van der Waals surface area (Å²) in [6, 6.07) is 0. The molecule has 0 saturated heterocycles. The van der Waals surface area contributed by atoms with Crippen LogP contribution in [0, 0.1) is 23.7 Å². The van der Waals surface area contributed by atoms with Gasteiger partial charge < -0.3 is 19.8 Å². The number of aliphatic hydroxyl groups excluding tert-OH is 2. The average molecular weight is 283 g/mol. The van der Waals surface area contributed by atoms with E-state index in [0.717, 1.165) is 13.1 Å². The first kappa shape index (κ1) is 20.6. The quantitative estimate of drug-likeness (QED) is 0.745. The van der Waals surface area contributed by atoms with E-state index in [4.69, 9.17) is 14.9 Å². The van der Waals surface area contributed by atoms with Crippen LogP contribution in [0.3, 0.4) is 0 Å². The molecular formula is C15H25NO4. The zero-order chi connectivity index (χ0) is 15.6. The number of amides is 1. The Morgan fingerprint density at radius 3 is 1.75 bits per heavy atom. The molecule has 20 heavy (non-hydrogen) atoms. The average Bonchev–Trinajstić information content (AvgIpc) is 2.45. The van der Waals surface area contributed by atoms with E-state index in [-0.39, 0.29) is 19.3 Å². The molecule has 0 bridgehead atoms. The molecule has 2 N–H and O–H groups in total. The van der Waals surface area contributed by atoms with Gasteiger partial charge in [0.25, 0.3) is 0 Å². The standard InChI is InChI=1S/C8H10O2.C7H15NO2/c9-7-5-3-1-2-4-6-8-10;1-4-8(5-2)7(9)10-6-3/h9-10H,5-8H2;4-6H2,1-3H3. The maximum absolute atomic E-state index is 10.9. The van der Waals surface area contributed by atoms with E-state index in [1.807, 2.05) is 13.8 Å². The van der Waals surface area contributed by atoms with Gasteiger partial charge >= 0.3 is 6.09 Å². The molecule has 114 valence electrons. The van der Waals surface area contributed by atoms with Gasteiger partial charge in [-0.2, -0.15) is 0 Å². The van der Waals surface area contributed by atoms with Gasteiger partial charge in [-0.3, -0.25) is 0 Å². The normalized spacial score (nSPS) is 8.05. The lowest BCUT2D eigenvalue weighted by Crippen LogP contribution is -2.30. The second-order valence-corrected chi connectivity index (χ2v) is 3.42. The fourth-order valence-electron chi connectivity index (χ4n) is 1.02. The monoisotopic (exact) mass is 283 g/mol. The Kier molecular flexibility index (Phi) is 17.9. The van der Waals surface area contributed by atoms with Gasteiger partial charge in [-0.25, -0.2) is 4.79 Å². The number of carbonyl (C=O) groups is 1. The van der Waals surface area contributed by atoms with Gasteiger partial charge in [0.05, 0.1) is 19.8 Å². The van der Waals surface area contributed by atoms with Crippen LogP contribution in [0.15, 0.2) is 0 Å². The number of carbonyl (C=O) groups excluding carboxylic acids is 1. The van der Waals surface area contributed by atoms with Crippen molar-refractivity contribution in [2.45, 2.75) is 33.6 Å². The fraction of sp³-hybridized carbons (Fsp3) is 0.667. The Morgan fingerprint density at radius 2 is 1.45 bits per heavy atom. The number of hydrogen-bond acceptors (Lipinski definition) is 4. The van der Waals surface area contributed by atoms with Crippen LogP contribution in [0.5, 0.6) is 0 Å². The minimum absolute atomic E-state index is 0.0781. The van der Waals surface area contributed by atoms with Crippen LogP contribution >= 0.6 is 0 Å². The molecule has 5 heteroatoms. The number of rotatable bonds is 5. The smallest absolute Gasteiger partial charge is 0.409 e. The van der Waals surface area contributed by atoms with Crippen molar-refractivity contribution in [2.24, 2.45) is 0 Å². The molecule has 0 spiro atoms. The molecule has 0 aliphatic carbocycles. The first-order valence-corrected chi connectivity index (χ1v) is 6.76. The number of ether oxygens (including phenoxy) is 1. The second-order valence-electron chi connectivity index (χ2n) is 3.42. The highest BCUT2D eigenvalue weighted by atomic mass is 16.6. The summed E-state index contributed by atoms with van der Waals surface area (Å²) in [5.41, 5.74) is 0. The summed E-state index contributed by atoms with van der Waals surface area (Å²) in [6.45, 7) is 7.71. The highest BCUT2D eigenvalue weighted by molar-refractivity contribution is 5.67. The van der Waals surface area contributed by atoms with E-state index < -0.39 is 0 Å². The van der Waals surface area contributed by atoms with Crippen molar-refractivity contribution < 1.29 is 19.7 Å². The van der Waals surface area contributed by atoms with Crippen molar-refractivity contribution in [3.05, 3.63) is 0 Å². The highest BCUT2D eigenvalue weighted by Crippen LogP contribution is 1.91. The molecule has 0 aromatic rings. The Morgan fingerprint density at radius 1 is 1.00 bits per heavy atom. The molecule has 0 aliphatic rings. The van der Waals surface area contributed by atoms with Gasteiger partial charge in [-0.15, -0.1) is 0 Å². The van der Waals surface area contributed by atoms with Crippen LogP contribution < -0.4 is 0 Å². The fourth-order valence-corrected chi connectivity index (χ4v) is 1.02. The van der Waals surface area contributed by atoms with E-state index >= 15 is 0 Å². The van der Waals surface area contributed by atoms with Crippen LogP contribution in [0.4, 0.5) is 4.79 Å². The molecule has 0 heterocycles. The summed E-state index contributed by atoms with van der Waals surface area (Å²) in [6.07, 6.45) is 0.717. The largest absolute Gasteiger partial charge is 0.450 e. The molecule has 0 atom stereocenters. The van der Waals surface area contributed by atoms with Crippen molar-refractivity contribution in [3.8, 4) is 23.7 Å². The first-order chi connectivity index (χ1) is 9.67. The van der Waals surface area contributed by atoms with Crippen LogP contribution in [0.2, 0.25) is 0 Å². The Balaban J connectivity index is 0. The minimum Gasteiger partial charge on any atom is -0.450 e. The SMILES string of the molecule is CCOC(=O)N(CC)CC.OCCC#CC#CCCO. The van der Waals surface area contributed by atoms with E-state index in [1.165, 1.54) is 0 Å². The van der Waals surface area contributed by atoms with Gasteiger partial charge in [-0.05, 0) is 32.6 Å². The van der Waals surface area contributed by atoms with E-state index in [2.05, 4.69) is 23.7 Å². The molecule has 0 aliphatic heterocycles. The molecule has 0 fully saturated rings. The van der Waals surface area contributed by atoms with Crippen LogP contribution in [0.25, 0.3) is 0 Å². The predicted octanol–water partition coefficient (Wildman–Crippen LogP) is 1.24. The predicted molar refractivity (Wildman–Crippen MR) is 78.9 cm³/mol. The summed E-state index contributed by atoms with van der Waals surface area (Å²) in [4.78, 5) is 12.6. The van der Waals surface area contributed by atoms with Crippen LogP contribution in [-0.2, 0) is 4.74 Å². The van der Waals surface area contributed by atoms with Crippen molar-refractivity contribution in [1.29, 1.82) is 0 Å². The van der Waals surface area contributed by atoms with Crippen LogP contribution in [0.1, 0.15) is 33.6 Å². The number of nitrogens with zero attached hydrogens (tertiary/aromatic N) is 1. The lowest BCUT2D eigenvalue weighted by Gasteiger charge is -2.16. The Labute approximate surface area is 121 Å². The molecule has 0 aromatic heterocycles. The van der Waals surface area contributed by atoms with Gasteiger partial charge in [0.15, 0.2) is 0 Å².